The minimum atomic E-state index is -3.53. The topological polar surface area (TPSA) is 84.7 Å². The maximum atomic E-state index is 12.1. The normalized spacial score (nSPS) is 12.1. The zero-order valence-electron chi connectivity index (χ0n) is 13.1. The molecule has 0 atom stereocenters. The van der Waals surface area contributed by atoms with Gasteiger partial charge in [0, 0.05) is 12.6 Å². The Labute approximate surface area is 127 Å². The Hall–Kier alpha value is -1.31. The van der Waals surface area contributed by atoms with E-state index in [0.29, 0.717) is 24.0 Å². The van der Waals surface area contributed by atoms with Crippen molar-refractivity contribution in [2.75, 3.05) is 33.0 Å². The van der Waals surface area contributed by atoms with Gasteiger partial charge < -0.3 is 15.4 Å². The van der Waals surface area contributed by atoms with E-state index in [0.717, 1.165) is 13.0 Å². The first kappa shape index (κ1) is 17.7. The summed E-state index contributed by atoms with van der Waals surface area (Å²) in [6.45, 7) is 5.44. The molecule has 0 saturated carbocycles. The average molecular weight is 315 g/mol. The molecule has 0 bridgehead atoms. The minimum Gasteiger partial charge on any atom is -0.495 e. The number of rotatable bonds is 8. The zero-order valence-corrected chi connectivity index (χ0v) is 13.9. The number of ether oxygens (including phenoxy) is 1. The summed E-state index contributed by atoms with van der Waals surface area (Å²) in [6, 6.07) is 4.89. The van der Waals surface area contributed by atoms with Crippen LogP contribution >= 0.6 is 0 Å². The largest absolute Gasteiger partial charge is 0.495 e. The van der Waals surface area contributed by atoms with E-state index >= 15 is 0 Å². The van der Waals surface area contributed by atoms with Crippen LogP contribution in [-0.2, 0) is 10.0 Å². The lowest BCUT2D eigenvalue weighted by molar-refractivity contribution is 0.271. The van der Waals surface area contributed by atoms with Crippen LogP contribution in [-0.4, -0.2) is 46.6 Å². The van der Waals surface area contributed by atoms with E-state index in [2.05, 4.69) is 23.5 Å². The molecule has 0 amide bonds. The van der Waals surface area contributed by atoms with Gasteiger partial charge in [0.05, 0.1) is 17.7 Å². The van der Waals surface area contributed by atoms with Crippen LogP contribution in [0.3, 0.4) is 0 Å². The SMILES string of the molecule is COc1ccc(S(=O)(=O)NCCCN(C)C(C)C)cc1N. The van der Waals surface area contributed by atoms with Gasteiger partial charge in [0.25, 0.3) is 0 Å². The summed E-state index contributed by atoms with van der Waals surface area (Å²) < 4.78 is 31.9. The van der Waals surface area contributed by atoms with E-state index in [-0.39, 0.29) is 4.90 Å². The monoisotopic (exact) mass is 315 g/mol. The fourth-order valence-corrected chi connectivity index (χ4v) is 2.87. The summed E-state index contributed by atoms with van der Waals surface area (Å²) in [7, 11) is -0.0234. The third kappa shape index (κ3) is 5.18. The second-order valence-electron chi connectivity index (χ2n) is 5.23. The highest BCUT2D eigenvalue weighted by atomic mass is 32.2. The van der Waals surface area contributed by atoms with Gasteiger partial charge in [-0.3, -0.25) is 0 Å². The molecule has 0 heterocycles. The number of hydrogen-bond acceptors (Lipinski definition) is 5. The molecular weight excluding hydrogens is 290 g/mol. The second-order valence-corrected chi connectivity index (χ2v) is 7.00. The van der Waals surface area contributed by atoms with Crippen molar-refractivity contribution in [1.29, 1.82) is 0 Å². The number of anilines is 1. The first-order chi connectivity index (χ1) is 9.77. The number of nitrogen functional groups attached to an aromatic ring is 1. The molecule has 0 unspecified atom stereocenters. The molecule has 0 aliphatic carbocycles. The van der Waals surface area contributed by atoms with Crippen LogP contribution < -0.4 is 15.2 Å². The van der Waals surface area contributed by atoms with Gasteiger partial charge in [-0.1, -0.05) is 0 Å². The molecular formula is C14H25N3O3S. The third-order valence-electron chi connectivity index (χ3n) is 3.37. The number of benzene rings is 1. The van der Waals surface area contributed by atoms with Crippen molar-refractivity contribution in [3.8, 4) is 5.75 Å². The van der Waals surface area contributed by atoms with E-state index in [1.165, 1.54) is 19.2 Å². The molecule has 0 aliphatic rings. The number of nitrogens with one attached hydrogen (secondary N) is 1. The molecule has 120 valence electrons. The van der Waals surface area contributed by atoms with Crippen molar-refractivity contribution < 1.29 is 13.2 Å². The molecule has 0 aromatic heterocycles. The molecule has 1 rings (SSSR count). The highest BCUT2D eigenvalue weighted by Crippen LogP contribution is 2.24. The summed E-state index contributed by atoms with van der Waals surface area (Å²) >= 11 is 0. The van der Waals surface area contributed by atoms with E-state index in [1.54, 1.807) is 6.07 Å². The van der Waals surface area contributed by atoms with Crippen LogP contribution in [0, 0.1) is 0 Å². The fraction of sp³-hybridized carbons (Fsp3) is 0.571. The number of methoxy groups -OCH3 is 1. The highest BCUT2D eigenvalue weighted by Gasteiger charge is 2.15. The molecule has 1 aromatic carbocycles. The quantitative estimate of drug-likeness (QED) is 0.558. The van der Waals surface area contributed by atoms with Crippen molar-refractivity contribution in [2.24, 2.45) is 0 Å². The van der Waals surface area contributed by atoms with E-state index in [4.69, 9.17) is 10.5 Å². The number of nitrogens with two attached hydrogens (primary N) is 1. The number of nitrogens with zero attached hydrogens (tertiary/aromatic N) is 1. The minimum absolute atomic E-state index is 0.151. The van der Waals surface area contributed by atoms with Crippen LogP contribution in [0.4, 0.5) is 5.69 Å². The lowest BCUT2D eigenvalue weighted by Gasteiger charge is -2.20. The lowest BCUT2D eigenvalue weighted by atomic mass is 10.3. The Balaban J connectivity index is 2.60. The number of hydrogen-bond donors (Lipinski definition) is 2. The smallest absolute Gasteiger partial charge is 0.240 e. The van der Waals surface area contributed by atoms with Gasteiger partial charge in [-0.05, 0) is 52.1 Å². The van der Waals surface area contributed by atoms with Gasteiger partial charge in [0.1, 0.15) is 5.75 Å². The predicted molar refractivity (Wildman–Crippen MR) is 85.0 cm³/mol. The van der Waals surface area contributed by atoms with Crippen LogP contribution in [0.25, 0.3) is 0 Å². The van der Waals surface area contributed by atoms with Crippen molar-refractivity contribution in [3.63, 3.8) is 0 Å². The molecule has 21 heavy (non-hydrogen) atoms. The lowest BCUT2D eigenvalue weighted by Crippen LogP contribution is -2.31. The van der Waals surface area contributed by atoms with Crippen molar-refractivity contribution in [3.05, 3.63) is 18.2 Å². The molecule has 6 nitrogen and oxygen atoms in total. The van der Waals surface area contributed by atoms with Crippen molar-refractivity contribution in [1.82, 2.24) is 9.62 Å². The summed E-state index contributed by atoms with van der Waals surface area (Å²) in [5.74, 6) is 0.465. The zero-order chi connectivity index (χ0) is 16.0. The molecule has 3 N–H and O–H groups in total. The Kier molecular flexibility index (Phi) is 6.44. The van der Waals surface area contributed by atoms with Crippen LogP contribution in [0.5, 0.6) is 5.75 Å². The Morgan fingerprint density at radius 1 is 1.38 bits per heavy atom. The van der Waals surface area contributed by atoms with E-state index in [9.17, 15) is 8.42 Å². The summed E-state index contributed by atoms with van der Waals surface area (Å²) in [5.41, 5.74) is 6.04. The standard InChI is InChI=1S/C14H25N3O3S/c1-11(2)17(3)9-5-8-16-21(18,19)12-6-7-14(20-4)13(15)10-12/h6-7,10-11,16H,5,8-9,15H2,1-4H3. The van der Waals surface area contributed by atoms with Gasteiger partial charge in [0.15, 0.2) is 0 Å². The van der Waals surface area contributed by atoms with Gasteiger partial charge >= 0.3 is 0 Å². The Morgan fingerprint density at radius 3 is 2.57 bits per heavy atom. The van der Waals surface area contributed by atoms with Crippen LogP contribution in [0.1, 0.15) is 20.3 Å². The molecule has 0 fully saturated rings. The maximum Gasteiger partial charge on any atom is 0.240 e. The molecule has 0 radical (unpaired) electrons. The molecule has 7 heteroatoms. The van der Waals surface area contributed by atoms with Gasteiger partial charge in [-0.15, -0.1) is 0 Å². The average Bonchev–Trinajstić information content (AvgIpc) is 2.43. The molecule has 1 aromatic rings. The van der Waals surface area contributed by atoms with Gasteiger partial charge in [-0.2, -0.15) is 0 Å². The molecule has 0 aliphatic heterocycles. The predicted octanol–water partition coefficient (Wildman–Crippen LogP) is 1.29. The molecule has 0 spiro atoms. The van der Waals surface area contributed by atoms with Crippen LogP contribution in [0.2, 0.25) is 0 Å². The maximum absolute atomic E-state index is 12.1. The summed E-state index contributed by atoms with van der Waals surface area (Å²) in [5, 5.41) is 0. The summed E-state index contributed by atoms with van der Waals surface area (Å²) in [6.07, 6.45) is 0.750. The summed E-state index contributed by atoms with van der Waals surface area (Å²) in [4.78, 5) is 2.32. The van der Waals surface area contributed by atoms with Crippen LogP contribution in [0.15, 0.2) is 23.1 Å². The Morgan fingerprint density at radius 2 is 2.05 bits per heavy atom. The first-order valence-corrected chi connectivity index (χ1v) is 8.39. The van der Waals surface area contributed by atoms with E-state index in [1.807, 2.05) is 7.05 Å². The van der Waals surface area contributed by atoms with Crippen molar-refractivity contribution in [2.45, 2.75) is 31.2 Å². The molecule has 0 saturated heterocycles. The first-order valence-electron chi connectivity index (χ1n) is 6.91. The third-order valence-corrected chi connectivity index (χ3v) is 4.83. The second kappa shape index (κ2) is 7.63. The van der Waals surface area contributed by atoms with Gasteiger partial charge in [-0.25, -0.2) is 13.1 Å². The van der Waals surface area contributed by atoms with Crippen molar-refractivity contribution >= 4 is 15.7 Å². The number of sulfonamides is 1. The van der Waals surface area contributed by atoms with Gasteiger partial charge in [0.2, 0.25) is 10.0 Å². The Bertz CT molecular complexity index is 559. The van der Waals surface area contributed by atoms with E-state index < -0.39 is 10.0 Å². The highest BCUT2D eigenvalue weighted by molar-refractivity contribution is 7.89. The fourth-order valence-electron chi connectivity index (χ4n) is 1.76.